The Morgan fingerprint density at radius 1 is 1.06 bits per heavy atom. The van der Waals surface area contributed by atoms with Gasteiger partial charge in [-0.15, -0.1) is 15.3 Å². The number of hydrogen-bond donors (Lipinski definition) is 0. The van der Waals surface area contributed by atoms with E-state index < -0.39 is 0 Å². The molecule has 8 nitrogen and oxygen atoms in total. The first-order valence-electron chi connectivity index (χ1n) is 10.3. The van der Waals surface area contributed by atoms with Gasteiger partial charge in [0.25, 0.3) is 0 Å². The van der Waals surface area contributed by atoms with Crippen LogP contribution in [0.15, 0.2) is 48.5 Å². The summed E-state index contributed by atoms with van der Waals surface area (Å²) < 4.78 is 12.1. The zero-order valence-electron chi connectivity index (χ0n) is 17.9. The van der Waals surface area contributed by atoms with Gasteiger partial charge in [0, 0.05) is 36.3 Å². The molecule has 0 unspecified atom stereocenters. The maximum Gasteiger partial charge on any atom is 0.305 e. The molecule has 0 aliphatic heterocycles. The van der Waals surface area contributed by atoms with Crippen LogP contribution in [0.25, 0.3) is 27.8 Å². The molecule has 2 heterocycles. The standard InChI is InChI=1S/C23H25N5O3/c1-4-31-20(29)10-7-15-27(2)23-19-9-6-5-8-18(19)22-25-24-21(28(22)26-23)16-11-13-17(30-3)14-12-16/h5-6,8-9,11-14H,4,7,10,15H2,1-3H3. The van der Waals surface area contributed by atoms with Crippen molar-refractivity contribution < 1.29 is 14.3 Å². The summed E-state index contributed by atoms with van der Waals surface area (Å²) in [5.41, 5.74) is 1.59. The van der Waals surface area contributed by atoms with E-state index in [1.165, 1.54) is 0 Å². The molecule has 31 heavy (non-hydrogen) atoms. The summed E-state index contributed by atoms with van der Waals surface area (Å²) in [4.78, 5) is 13.7. The number of fused-ring (bicyclic) bond motifs is 3. The quantitative estimate of drug-likeness (QED) is 0.403. The third-order valence-electron chi connectivity index (χ3n) is 5.13. The lowest BCUT2D eigenvalue weighted by Gasteiger charge is -2.20. The lowest BCUT2D eigenvalue weighted by atomic mass is 10.1. The lowest BCUT2D eigenvalue weighted by Crippen LogP contribution is -2.22. The van der Waals surface area contributed by atoms with E-state index in [2.05, 4.69) is 15.1 Å². The molecule has 8 heteroatoms. The Labute approximate surface area is 180 Å². The number of rotatable bonds is 8. The molecule has 0 radical (unpaired) electrons. The second kappa shape index (κ2) is 8.99. The minimum atomic E-state index is -0.176. The second-order valence-electron chi connectivity index (χ2n) is 7.19. The van der Waals surface area contributed by atoms with Crippen LogP contribution in [0.2, 0.25) is 0 Å². The van der Waals surface area contributed by atoms with Crippen molar-refractivity contribution >= 4 is 28.2 Å². The van der Waals surface area contributed by atoms with Crippen LogP contribution in [0.3, 0.4) is 0 Å². The Bertz CT molecular complexity index is 1200. The Balaban J connectivity index is 1.72. The van der Waals surface area contributed by atoms with Crippen LogP contribution < -0.4 is 9.64 Å². The van der Waals surface area contributed by atoms with Crippen molar-refractivity contribution in [3.05, 3.63) is 48.5 Å². The molecule has 0 bridgehead atoms. The predicted octanol–water partition coefficient (Wildman–Crippen LogP) is 3.73. The molecule has 0 atom stereocenters. The van der Waals surface area contributed by atoms with E-state index in [0.29, 0.717) is 37.5 Å². The van der Waals surface area contributed by atoms with E-state index >= 15 is 0 Å². The van der Waals surface area contributed by atoms with Crippen LogP contribution >= 0.6 is 0 Å². The van der Waals surface area contributed by atoms with E-state index in [9.17, 15) is 4.79 Å². The van der Waals surface area contributed by atoms with Gasteiger partial charge in [-0.1, -0.05) is 24.3 Å². The van der Waals surface area contributed by atoms with Crippen LogP contribution in [0, 0.1) is 0 Å². The first-order valence-corrected chi connectivity index (χ1v) is 10.3. The average molecular weight is 419 g/mol. The van der Waals surface area contributed by atoms with Gasteiger partial charge in [-0.05, 0) is 37.6 Å². The number of esters is 1. The highest BCUT2D eigenvalue weighted by molar-refractivity contribution is 6.00. The molecule has 2 aromatic heterocycles. The summed E-state index contributed by atoms with van der Waals surface area (Å²) in [5, 5.41) is 15.7. The number of carbonyl (C=O) groups is 1. The summed E-state index contributed by atoms with van der Waals surface area (Å²) >= 11 is 0. The fraction of sp³-hybridized carbons (Fsp3) is 0.304. The monoisotopic (exact) mass is 419 g/mol. The minimum absolute atomic E-state index is 0.176. The summed E-state index contributed by atoms with van der Waals surface area (Å²) in [6.45, 7) is 2.88. The van der Waals surface area contributed by atoms with Crippen molar-refractivity contribution in [1.29, 1.82) is 0 Å². The molecule has 0 fully saturated rings. The fourth-order valence-corrected chi connectivity index (χ4v) is 3.57. The molecule has 4 rings (SSSR count). The molecule has 2 aromatic carbocycles. The number of nitrogens with zero attached hydrogens (tertiary/aromatic N) is 5. The zero-order valence-corrected chi connectivity index (χ0v) is 17.9. The molecular formula is C23H25N5O3. The molecule has 0 spiro atoms. The highest BCUT2D eigenvalue weighted by Crippen LogP contribution is 2.29. The van der Waals surface area contributed by atoms with Crippen LogP contribution in [0.5, 0.6) is 5.75 Å². The van der Waals surface area contributed by atoms with Gasteiger partial charge < -0.3 is 14.4 Å². The SMILES string of the molecule is CCOC(=O)CCCN(C)c1nn2c(-c3ccc(OC)cc3)nnc2c2ccccc12. The van der Waals surface area contributed by atoms with Crippen molar-refractivity contribution in [2.24, 2.45) is 0 Å². The van der Waals surface area contributed by atoms with Crippen molar-refractivity contribution in [2.75, 3.05) is 32.2 Å². The summed E-state index contributed by atoms with van der Waals surface area (Å²) in [6, 6.07) is 15.7. The molecule has 0 N–H and O–H groups in total. The highest BCUT2D eigenvalue weighted by Gasteiger charge is 2.17. The number of anilines is 1. The maximum absolute atomic E-state index is 11.7. The first-order chi connectivity index (χ1) is 15.1. The maximum atomic E-state index is 11.7. The third-order valence-corrected chi connectivity index (χ3v) is 5.13. The van der Waals surface area contributed by atoms with E-state index in [1.807, 2.05) is 62.5 Å². The van der Waals surface area contributed by atoms with Crippen LogP contribution in [0.4, 0.5) is 5.82 Å². The minimum Gasteiger partial charge on any atom is -0.497 e. The molecule has 0 saturated heterocycles. The van der Waals surface area contributed by atoms with Crippen LogP contribution in [-0.4, -0.2) is 53.1 Å². The highest BCUT2D eigenvalue weighted by atomic mass is 16.5. The Hall–Kier alpha value is -3.68. The zero-order chi connectivity index (χ0) is 21.8. The van der Waals surface area contributed by atoms with Gasteiger partial charge in [0.05, 0.1) is 13.7 Å². The first kappa shape index (κ1) is 20.6. The second-order valence-corrected chi connectivity index (χ2v) is 7.19. The predicted molar refractivity (Wildman–Crippen MR) is 119 cm³/mol. The lowest BCUT2D eigenvalue weighted by molar-refractivity contribution is -0.143. The van der Waals surface area contributed by atoms with Gasteiger partial charge in [-0.3, -0.25) is 4.79 Å². The molecule has 0 aliphatic carbocycles. The van der Waals surface area contributed by atoms with Crippen molar-refractivity contribution in [2.45, 2.75) is 19.8 Å². The van der Waals surface area contributed by atoms with E-state index in [0.717, 1.165) is 27.9 Å². The van der Waals surface area contributed by atoms with Gasteiger partial charge >= 0.3 is 5.97 Å². The Morgan fingerprint density at radius 3 is 2.52 bits per heavy atom. The molecule has 0 saturated carbocycles. The topological polar surface area (TPSA) is 81.9 Å². The largest absolute Gasteiger partial charge is 0.497 e. The van der Waals surface area contributed by atoms with Gasteiger partial charge in [0.15, 0.2) is 17.3 Å². The number of carbonyl (C=O) groups excluding carboxylic acids is 1. The van der Waals surface area contributed by atoms with Gasteiger partial charge in [0.2, 0.25) is 0 Å². The molecule has 0 amide bonds. The number of hydrogen-bond acceptors (Lipinski definition) is 7. The van der Waals surface area contributed by atoms with E-state index in [-0.39, 0.29) is 5.97 Å². The van der Waals surface area contributed by atoms with Crippen molar-refractivity contribution in [3.8, 4) is 17.1 Å². The number of ether oxygens (including phenoxy) is 2. The van der Waals surface area contributed by atoms with Gasteiger partial charge in [0.1, 0.15) is 5.75 Å². The smallest absolute Gasteiger partial charge is 0.305 e. The number of benzene rings is 2. The number of aromatic nitrogens is 4. The molecule has 0 aliphatic rings. The Kier molecular flexibility index (Phi) is 5.97. The Morgan fingerprint density at radius 2 is 1.81 bits per heavy atom. The molecule has 4 aromatic rings. The van der Waals surface area contributed by atoms with E-state index in [4.69, 9.17) is 14.6 Å². The summed E-state index contributed by atoms with van der Waals surface area (Å²) in [5.74, 6) is 2.06. The third kappa shape index (κ3) is 4.14. The van der Waals surface area contributed by atoms with Crippen LogP contribution in [0.1, 0.15) is 19.8 Å². The van der Waals surface area contributed by atoms with Crippen LogP contribution in [-0.2, 0) is 9.53 Å². The van der Waals surface area contributed by atoms with Crippen molar-refractivity contribution in [3.63, 3.8) is 0 Å². The fourth-order valence-electron chi connectivity index (χ4n) is 3.57. The normalized spacial score (nSPS) is 11.1. The van der Waals surface area contributed by atoms with Crippen molar-refractivity contribution in [1.82, 2.24) is 19.8 Å². The molecule has 160 valence electrons. The average Bonchev–Trinajstić information content (AvgIpc) is 3.23. The van der Waals surface area contributed by atoms with Gasteiger partial charge in [-0.25, -0.2) is 0 Å². The number of methoxy groups -OCH3 is 1. The summed E-state index contributed by atoms with van der Waals surface area (Å²) in [6.07, 6.45) is 1.05. The van der Waals surface area contributed by atoms with Gasteiger partial charge in [-0.2, -0.15) is 4.52 Å². The summed E-state index contributed by atoms with van der Waals surface area (Å²) in [7, 11) is 3.61. The van der Waals surface area contributed by atoms with E-state index in [1.54, 1.807) is 11.6 Å². The molecular weight excluding hydrogens is 394 g/mol.